The van der Waals surface area contributed by atoms with Crippen molar-refractivity contribution in [3.63, 3.8) is 0 Å². The Morgan fingerprint density at radius 2 is 1.83 bits per heavy atom. The molecule has 0 aliphatic heterocycles. The van der Waals surface area contributed by atoms with Gasteiger partial charge in [-0.2, -0.15) is 0 Å². The second-order valence-electron chi connectivity index (χ2n) is 3.52. The largest absolute Gasteiger partial charge is 0.493 e. The van der Waals surface area contributed by atoms with Gasteiger partial charge in [-0.1, -0.05) is 12.1 Å². The van der Waals surface area contributed by atoms with Crippen LogP contribution in [0.3, 0.4) is 0 Å². The van der Waals surface area contributed by atoms with Crippen LogP contribution in [0.2, 0.25) is 0 Å². The molecule has 0 aromatic heterocycles. The second-order valence-corrected chi connectivity index (χ2v) is 3.52. The van der Waals surface area contributed by atoms with Crippen molar-refractivity contribution < 1.29 is 23.8 Å². The van der Waals surface area contributed by atoms with E-state index in [4.69, 9.17) is 4.74 Å². The molecular formula is C13H16O5. The first kappa shape index (κ1) is 14.0. The van der Waals surface area contributed by atoms with Gasteiger partial charge in [0, 0.05) is 6.42 Å². The van der Waals surface area contributed by atoms with E-state index in [1.54, 1.807) is 24.3 Å². The molecule has 0 bridgehead atoms. The van der Waals surface area contributed by atoms with Gasteiger partial charge >= 0.3 is 11.9 Å². The van der Waals surface area contributed by atoms with Gasteiger partial charge in [-0.3, -0.25) is 4.79 Å². The van der Waals surface area contributed by atoms with Crippen molar-refractivity contribution in [2.75, 3.05) is 20.8 Å². The molecule has 0 N–H and O–H groups in total. The number of ether oxygens (including phenoxy) is 3. The first-order chi connectivity index (χ1) is 8.69. The van der Waals surface area contributed by atoms with Crippen LogP contribution in [0.15, 0.2) is 24.3 Å². The molecule has 0 aliphatic rings. The molecule has 18 heavy (non-hydrogen) atoms. The van der Waals surface area contributed by atoms with Gasteiger partial charge in [-0.15, -0.1) is 0 Å². The number of carbonyl (C=O) groups is 2. The molecule has 5 nitrogen and oxygen atoms in total. The van der Waals surface area contributed by atoms with Crippen molar-refractivity contribution in [2.24, 2.45) is 0 Å². The van der Waals surface area contributed by atoms with Gasteiger partial charge in [0.2, 0.25) is 0 Å². The number of benzene rings is 1. The molecule has 1 rings (SSSR count). The topological polar surface area (TPSA) is 61.8 Å². The molecule has 98 valence electrons. The van der Waals surface area contributed by atoms with Gasteiger partial charge in [0.25, 0.3) is 0 Å². The Kier molecular flexibility index (Phi) is 5.70. The summed E-state index contributed by atoms with van der Waals surface area (Å²) in [4.78, 5) is 22.3. The molecule has 0 heterocycles. The zero-order chi connectivity index (χ0) is 13.4. The van der Waals surface area contributed by atoms with Crippen LogP contribution in [-0.2, 0) is 14.3 Å². The van der Waals surface area contributed by atoms with Crippen LogP contribution in [0, 0.1) is 0 Å². The van der Waals surface area contributed by atoms with E-state index in [-0.39, 0.29) is 12.4 Å². The Morgan fingerprint density at radius 1 is 1.11 bits per heavy atom. The minimum Gasteiger partial charge on any atom is -0.493 e. The van der Waals surface area contributed by atoms with E-state index >= 15 is 0 Å². The van der Waals surface area contributed by atoms with Crippen molar-refractivity contribution in [1.29, 1.82) is 0 Å². The van der Waals surface area contributed by atoms with E-state index in [2.05, 4.69) is 9.47 Å². The number of methoxy groups -OCH3 is 2. The minimum atomic E-state index is -0.446. The Balaban J connectivity index is 2.51. The first-order valence-electron chi connectivity index (χ1n) is 5.56. The van der Waals surface area contributed by atoms with Crippen LogP contribution < -0.4 is 4.74 Å². The molecule has 0 aliphatic carbocycles. The molecule has 0 saturated heterocycles. The molecular weight excluding hydrogens is 236 g/mol. The summed E-state index contributed by atoms with van der Waals surface area (Å²) in [5.41, 5.74) is 0.373. The molecule has 0 atom stereocenters. The highest BCUT2D eigenvalue weighted by atomic mass is 16.5. The minimum absolute atomic E-state index is 0.278. The molecule has 1 aromatic carbocycles. The Labute approximate surface area is 106 Å². The van der Waals surface area contributed by atoms with E-state index in [1.807, 2.05) is 0 Å². The predicted molar refractivity (Wildman–Crippen MR) is 64.5 cm³/mol. The monoisotopic (exact) mass is 252 g/mol. The van der Waals surface area contributed by atoms with Gasteiger partial charge in [0.05, 0.1) is 20.8 Å². The maximum Gasteiger partial charge on any atom is 0.341 e. The normalized spacial score (nSPS) is 9.67. The average molecular weight is 252 g/mol. The van der Waals surface area contributed by atoms with Gasteiger partial charge < -0.3 is 14.2 Å². The van der Waals surface area contributed by atoms with Crippen molar-refractivity contribution in [3.05, 3.63) is 29.8 Å². The van der Waals surface area contributed by atoms with Gasteiger partial charge in [0.15, 0.2) is 0 Å². The van der Waals surface area contributed by atoms with Crippen LogP contribution in [0.5, 0.6) is 5.75 Å². The molecule has 0 spiro atoms. The SMILES string of the molecule is COC(=O)CCCOc1ccccc1C(=O)OC. The Morgan fingerprint density at radius 3 is 2.50 bits per heavy atom. The van der Waals surface area contributed by atoms with Gasteiger partial charge in [-0.05, 0) is 18.6 Å². The zero-order valence-electron chi connectivity index (χ0n) is 10.5. The van der Waals surface area contributed by atoms with E-state index < -0.39 is 5.97 Å². The van der Waals surface area contributed by atoms with Crippen molar-refractivity contribution in [3.8, 4) is 5.75 Å². The van der Waals surface area contributed by atoms with E-state index in [0.29, 0.717) is 24.3 Å². The van der Waals surface area contributed by atoms with Crippen molar-refractivity contribution >= 4 is 11.9 Å². The molecule has 0 radical (unpaired) electrons. The molecule has 1 aromatic rings. The van der Waals surface area contributed by atoms with E-state index in [1.165, 1.54) is 14.2 Å². The van der Waals surface area contributed by atoms with E-state index in [0.717, 1.165) is 0 Å². The smallest absolute Gasteiger partial charge is 0.341 e. The lowest BCUT2D eigenvalue weighted by atomic mass is 10.2. The zero-order valence-corrected chi connectivity index (χ0v) is 10.5. The van der Waals surface area contributed by atoms with Gasteiger partial charge in [0.1, 0.15) is 11.3 Å². The number of hydrogen-bond acceptors (Lipinski definition) is 5. The third kappa shape index (κ3) is 4.08. The predicted octanol–water partition coefficient (Wildman–Crippen LogP) is 1.81. The lowest BCUT2D eigenvalue weighted by molar-refractivity contribution is -0.140. The van der Waals surface area contributed by atoms with Gasteiger partial charge in [-0.25, -0.2) is 4.79 Å². The summed E-state index contributed by atoms with van der Waals surface area (Å²) in [5, 5.41) is 0. The molecule has 0 unspecified atom stereocenters. The first-order valence-corrected chi connectivity index (χ1v) is 5.56. The van der Waals surface area contributed by atoms with Crippen LogP contribution in [0.25, 0.3) is 0 Å². The lowest BCUT2D eigenvalue weighted by Gasteiger charge is -2.09. The Hall–Kier alpha value is -2.04. The van der Waals surface area contributed by atoms with Crippen LogP contribution in [-0.4, -0.2) is 32.8 Å². The highest BCUT2D eigenvalue weighted by Gasteiger charge is 2.11. The molecule has 5 heteroatoms. The fourth-order valence-electron chi connectivity index (χ4n) is 1.37. The summed E-state index contributed by atoms with van der Waals surface area (Å²) < 4.78 is 14.6. The van der Waals surface area contributed by atoms with Crippen molar-refractivity contribution in [2.45, 2.75) is 12.8 Å². The number of rotatable bonds is 6. The maximum atomic E-state index is 11.4. The summed E-state index contributed by atoms with van der Waals surface area (Å²) in [6.07, 6.45) is 0.819. The maximum absolute atomic E-state index is 11.4. The van der Waals surface area contributed by atoms with Crippen molar-refractivity contribution in [1.82, 2.24) is 0 Å². The second kappa shape index (κ2) is 7.32. The number of carbonyl (C=O) groups excluding carboxylic acids is 2. The summed E-state index contributed by atoms with van der Waals surface area (Å²) in [6.45, 7) is 0.336. The lowest BCUT2D eigenvalue weighted by Crippen LogP contribution is -2.08. The Bertz CT molecular complexity index is 414. The third-order valence-electron chi connectivity index (χ3n) is 2.30. The highest BCUT2D eigenvalue weighted by Crippen LogP contribution is 2.19. The molecule has 0 amide bonds. The third-order valence-corrected chi connectivity index (χ3v) is 2.30. The number of hydrogen-bond donors (Lipinski definition) is 0. The number of esters is 2. The summed E-state index contributed by atoms with van der Waals surface area (Å²) in [5.74, 6) is -0.271. The highest BCUT2D eigenvalue weighted by molar-refractivity contribution is 5.92. The summed E-state index contributed by atoms with van der Waals surface area (Å²) in [7, 11) is 2.66. The fraction of sp³-hybridized carbons (Fsp3) is 0.385. The average Bonchev–Trinajstić information content (AvgIpc) is 2.42. The summed E-state index contributed by atoms with van der Waals surface area (Å²) in [6, 6.07) is 6.81. The summed E-state index contributed by atoms with van der Waals surface area (Å²) >= 11 is 0. The van der Waals surface area contributed by atoms with Crippen LogP contribution in [0.4, 0.5) is 0 Å². The quantitative estimate of drug-likeness (QED) is 0.570. The van der Waals surface area contributed by atoms with E-state index in [9.17, 15) is 9.59 Å². The fourth-order valence-corrected chi connectivity index (χ4v) is 1.37. The molecule has 0 fully saturated rings. The van der Waals surface area contributed by atoms with Crippen LogP contribution >= 0.6 is 0 Å². The molecule has 0 saturated carbocycles. The van der Waals surface area contributed by atoms with Crippen LogP contribution in [0.1, 0.15) is 23.2 Å². The standard InChI is InChI=1S/C13H16O5/c1-16-12(14)8-5-9-18-11-7-4-3-6-10(11)13(15)17-2/h3-4,6-7H,5,8-9H2,1-2H3. The number of para-hydroxylation sites is 1.